The van der Waals surface area contributed by atoms with Crippen molar-refractivity contribution in [2.24, 2.45) is 5.41 Å². The Labute approximate surface area is 210 Å². The van der Waals surface area contributed by atoms with Gasteiger partial charge in [0.15, 0.2) is 11.8 Å². The number of carboxylic acid groups (broad SMARTS) is 1. The van der Waals surface area contributed by atoms with Crippen LogP contribution in [0.25, 0.3) is 17.0 Å². The third kappa shape index (κ3) is 4.68. The third-order valence-corrected chi connectivity index (χ3v) is 7.03. The van der Waals surface area contributed by atoms with Crippen molar-refractivity contribution >= 4 is 17.4 Å². The number of fused-ring (bicyclic) bond motifs is 1. The van der Waals surface area contributed by atoms with Gasteiger partial charge in [-0.05, 0) is 42.9 Å². The first-order valence-corrected chi connectivity index (χ1v) is 12.3. The summed E-state index contributed by atoms with van der Waals surface area (Å²) in [5, 5.41) is 25.1. The lowest BCUT2D eigenvalue weighted by atomic mass is 9.82. The van der Waals surface area contributed by atoms with Crippen LogP contribution in [0, 0.1) is 12.3 Å². The number of hydrogen-bond acceptors (Lipinski definition) is 6. The van der Waals surface area contributed by atoms with E-state index in [0.29, 0.717) is 29.3 Å². The number of aliphatic carboxylic acids is 1. The summed E-state index contributed by atoms with van der Waals surface area (Å²) in [5.74, 6) is -0.713. The summed E-state index contributed by atoms with van der Waals surface area (Å²) in [6, 6.07) is 17.9. The monoisotopic (exact) mass is 485 g/mol. The number of aliphatic hydroxyl groups is 1. The smallest absolute Gasteiger partial charge is 0.337 e. The van der Waals surface area contributed by atoms with E-state index in [1.54, 1.807) is 11.4 Å². The molecule has 0 spiro atoms. The first-order valence-electron chi connectivity index (χ1n) is 12.3. The second kappa shape index (κ2) is 9.35. The Morgan fingerprint density at radius 3 is 2.44 bits per heavy atom. The maximum Gasteiger partial charge on any atom is 0.337 e. The van der Waals surface area contributed by atoms with E-state index in [4.69, 9.17) is 10.1 Å². The van der Waals surface area contributed by atoms with Gasteiger partial charge in [0.2, 0.25) is 0 Å². The summed E-state index contributed by atoms with van der Waals surface area (Å²) in [7, 11) is 0. The molecule has 4 aromatic rings. The summed E-state index contributed by atoms with van der Waals surface area (Å²) in [5.41, 5.74) is 5.05. The van der Waals surface area contributed by atoms with Crippen molar-refractivity contribution in [1.29, 1.82) is 0 Å². The first kappa shape index (κ1) is 23.9. The lowest BCUT2D eigenvalue weighted by molar-refractivity contribution is -0.147. The number of aromatic nitrogens is 4. The number of carbonyl (C=O) groups is 1. The number of carboxylic acids is 1. The highest BCUT2D eigenvalue weighted by atomic mass is 16.4. The molecule has 186 valence electrons. The van der Waals surface area contributed by atoms with Gasteiger partial charge in [0.25, 0.3) is 0 Å². The van der Waals surface area contributed by atoms with E-state index in [9.17, 15) is 15.0 Å². The molecule has 1 aliphatic heterocycles. The minimum absolute atomic E-state index is 0.210. The number of aryl methyl sites for hydroxylation is 1. The second-order valence-electron chi connectivity index (χ2n) is 10.3. The zero-order valence-corrected chi connectivity index (χ0v) is 20.8. The number of anilines is 1. The molecule has 36 heavy (non-hydrogen) atoms. The molecule has 0 amide bonds. The van der Waals surface area contributed by atoms with E-state index in [1.165, 1.54) is 5.56 Å². The van der Waals surface area contributed by atoms with Gasteiger partial charge >= 0.3 is 5.97 Å². The third-order valence-electron chi connectivity index (χ3n) is 7.03. The Balaban J connectivity index is 1.60. The molecule has 5 rings (SSSR count). The molecule has 4 heterocycles. The minimum atomic E-state index is -1.69. The van der Waals surface area contributed by atoms with E-state index in [0.717, 1.165) is 37.3 Å². The molecule has 0 saturated carbocycles. The van der Waals surface area contributed by atoms with Crippen molar-refractivity contribution in [3.63, 3.8) is 0 Å². The van der Waals surface area contributed by atoms with Gasteiger partial charge in [0.1, 0.15) is 11.5 Å². The van der Waals surface area contributed by atoms with Crippen LogP contribution in [-0.2, 0) is 11.2 Å². The number of benzene rings is 1. The maximum absolute atomic E-state index is 11.8. The van der Waals surface area contributed by atoms with E-state index in [1.807, 2.05) is 42.5 Å². The van der Waals surface area contributed by atoms with Crippen LogP contribution >= 0.6 is 0 Å². The molecule has 8 heteroatoms. The highest BCUT2D eigenvalue weighted by molar-refractivity contribution is 5.78. The molecule has 8 nitrogen and oxygen atoms in total. The van der Waals surface area contributed by atoms with Crippen LogP contribution in [0.2, 0.25) is 0 Å². The zero-order chi connectivity index (χ0) is 25.4. The van der Waals surface area contributed by atoms with Crippen LogP contribution in [0.1, 0.15) is 55.3 Å². The number of rotatable bonds is 6. The van der Waals surface area contributed by atoms with Gasteiger partial charge in [-0.15, -0.1) is 0 Å². The number of hydrogen-bond donors (Lipinski definition) is 2. The van der Waals surface area contributed by atoms with Crippen molar-refractivity contribution < 1.29 is 15.0 Å². The molecule has 1 fully saturated rings. The molecule has 3 aromatic heterocycles. The quantitative estimate of drug-likeness (QED) is 0.416. The molecule has 0 bridgehead atoms. The predicted octanol–water partition coefficient (Wildman–Crippen LogP) is 4.43. The average molecular weight is 486 g/mol. The minimum Gasteiger partial charge on any atom is -0.479 e. The van der Waals surface area contributed by atoms with Crippen LogP contribution in [0.5, 0.6) is 0 Å². The number of aliphatic hydroxyl groups excluding tert-OH is 1. The van der Waals surface area contributed by atoms with Gasteiger partial charge in [-0.25, -0.2) is 9.78 Å². The molecule has 2 N–H and O–H groups in total. The Kier molecular flexibility index (Phi) is 6.22. The van der Waals surface area contributed by atoms with Gasteiger partial charge in [-0.2, -0.15) is 9.61 Å². The average Bonchev–Trinajstić information content (AvgIpc) is 3.27. The molecule has 1 aliphatic rings. The summed E-state index contributed by atoms with van der Waals surface area (Å²) < 4.78 is 1.67. The highest BCUT2D eigenvalue weighted by Crippen LogP contribution is 2.37. The Morgan fingerprint density at radius 2 is 1.75 bits per heavy atom. The Morgan fingerprint density at radius 1 is 1.03 bits per heavy atom. The molecular formula is C28H31N5O3. The molecule has 1 saturated heterocycles. The van der Waals surface area contributed by atoms with Crippen molar-refractivity contribution in [2.75, 3.05) is 18.0 Å². The second-order valence-corrected chi connectivity index (χ2v) is 10.3. The molecular weight excluding hydrogens is 454 g/mol. The molecule has 0 aliphatic carbocycles. The predicted molar refractivity (Wildman–Crippen MR) is 138 cm³/mol. The Bertz CT molecular complexity index is 1400. The zero-order valence-electron chi connectivity index (χ0n) is 20.8. The highest BCUT2D eigenvalue weighted by Gasteiger charge is 2.33. The fraction of sp³-hybridized carbons (Fsp3) is 0.357. The normalized spacial score (nSPS) is 16.3. The van der Waals surface area contributed by atoms with Crippen LogP contribution in [0.3, 0.4) is 0 Å². The molecule has 1 unspecified atom stereocenters. The van der Waals surface area contributed by atoms with Crippen molar-refractivity contribution in [3.05, 3.63) is 77.1 Å². The SMILES string of the molecule is Cc1nc2cc(-c3cccc(Cc4ccccc4)n3)nn2c(N2CCC(C)(C)CC2)c1C(O)C(=O)O. The number of pyridine rings is 1. The first-order chi connectivity index (χ1) is 17.2. The Hall–Kier alpha value is -3.78. The largest absolute Gasteiger partial charge is 0.479 e. The van der Waals surface area contributed by atoms with Gasteiger partial charge < -0.3 is 15.1 Å². The maximum atomic E-state index is 11.8. The van der Waals surface area contributed by atoms with E-state index in [-0.39, 0.29) is 11.0 Å². The van der Waals surface area contributed by atoms with Gasteiger partial charge in [-0.3, -0.25) is 4.98 Å². The van der Waals surface area contributed by atoms with E-state index >= 15 is 0 Å². The molecule has 1 aromatic carbocycles. The lowest BCUT2D eigenvalue weighted by Gasteiger charge is -2.39. The summed E-state index contributed by atoms with van der Waals surface area (Å²) in [6.45, 7) is 7.70. The topological polar surface area (TPSA) is 104 Å². The van der Waals surface area contributed by atoms with Gasteiger partial charge in [0.05, 0.1) is 11.3 Å². The van der Waals surface area contributed by atoms with Gasteiger partial charge in [0, 0.05) is 37.0 Å². The van der Waals surface area contributed by atoms with Crippen molar-refractivity contribution in [3.8, 4) is 11.4 Å². The van der Waals surface area contributed by atoms with E-state index in [2.05, 4.69) is 35.9 Å². The number of nitrogens with zero attached hydrogens (tertiary/aromatic N) is 5. The van der Waals surface area contributed by atoms with Crippen molar-refractivity contribution in [2.45, 2.75) is 46.1 Å². The van der Waals surface area contributed by atoms with Crippen LogP contribution in [0.4, 0.5) is 5.82 Å². The fourth-order valence-corrected chi connectivity index (χ4v) is 4.84. The molecule has 0 radical (unpaired) electrons. The van der Waals surface area contributed by atoms with Crippen LogP contribution in [-0.4, -0.2) is 48.9 Å². The van der Waals surface area contributed by atoms with Gasteiger partial charge in [-0.1, -0.05) is 50.2 Å². The van der Waals surface area contributed by atoms with Crippen molar-refractivity contribution in [1.82, 2.24) is 19.6 Å². The summed E-state index contributed by atoms with van der Waals surface area (Å²) in [4.78, 5) is 23.4. The lowest BCUT2D eigenvalue weighted by Crippen LogP contribution is -2.39. The number of piperidine rings is 1. The standard InChI is InChI=1S/C28H31N5O3/c1-18-24(25(34)27(35)36)26(32-14-12-28(2,3)13-15-32)33-23(29-18)17-22(31-33)21-11-7-10-20(30-21)16-19-8-5-4-6-9-19/h4-11,17,25,34H,12-16H2,1-3H3,(H,35,36). The van der Waals surface area contributed by atoms with Crippen LogP contribution in [0.15, 0.2) is 54.6 Å². The van der Waals surface area contributed by atoms with Crippen LogP contribution < -0.4 is 4.90 Å². The van der Waals surface area contributed by atoms with E-state index < -0.39 is 12.1 Å². The molecule has 1 atom stereocenters. The fourth-order valence-electron chi connectivity index (χ4n) is 4.84. The summed E-state index contributed by atoms with van der Waals surface area (Å²) >= 11 is 0. The summed E-state index contributed by atoms with van der Waals surface area (Å²) in [6.07, 6.45) is 0.931.